The average molecular weight is 539 g/mol. The van der Waals surface area contributed by atoms with Gasteiger partial charge in [-0.25, -0.2) is 9.18 Å². The number of hydrogen-bond donors (Lipinski definition) is 3. The minimum Gasteiger partial charge on any atom is -0.371 e. The first-order valence-electron chi connectivity index (χ1n) is 13.9. The maximum absolute atomic E-state index is 15.1. The van der Waals surface area contributed by atoms with Crippen LogP contribution in [0.1, 0.15) is 76.4 Å². The first-order chi connectivity index (χ1) is 17.9. The minimum absolute atomic E-state index is 0.0495. The van der Waals surface area contributed by atoms with E-state index in [1.807, 2.05) is 11.9 Å². The lowest BCUT2D eigenvalue weighted by Crippen LogP contribution is -2.52. The molecule has 1 aliphatic carbocycles. The minimum atomic E-state index is -0.567. The van der Waals surface area contributed by atoms with Crippen molar-refractivity contribution in [3.05, 3.63) is 34.6 Å². The van der Waals surface area contributed by atoms with Crippen molar-refractivity contribution < 1.29 is 18.7 Å². The highest BCUT2D eigenvalue weighted by molar-refractivity contribution is 6.30. The zero-order chi connectivity index (χ0) is 26.6. The molecule has 3 rings (SSSR count). The van der Waals surface area contributed by atoms with Crippen LogP contribution in [0.4, 0.5) is 9.18 Å². The molecule has 2 aliphatic rings. The molecule has 1 aliphatic heterocycles. The predicted molar refractivity (Wildman–Crippen MR) is 145 cm³/mol. The van der Waals surface area contributed by atoms with Gasteiger partial charge in [0.2, 0.25) is 5.91 Å². The van der Waals surface area contributed by atoms with Gasteiger partial charge in [-0.3, -0.25) is 4.79 Å². The van der Waals surface area contributed by atoms with E-state index in [-0.39, 0.29) is 35.5 Å². The third-order valence-corrected chi connectivity index (χ3v) is 7.92. The van der Waals surface area contributed by atoms with Crippen LogP contribution in [0.25, 0.3) is 0 Å². The Labute approximate surface area is 226 Å². The summed E-state index contributed by atoms with van der Waals surface area (Å²) in [5.41, 5.74) is 0.395. The Bertz CT molecular complexity index is 868. The number of rotatable bonds is 12. The Morgan fingerprint density at radius 1 is 1.19 bits per heavy atom. The molecule has 9 heteroatoms. The zero-order valence-electron chi connectivity index (χ0n) is 22.4. The van der Waals surface area contributed by atoms with Gasteiger partial charge in [-0.15, -0.1) is 0 Å². The lowest BCUT2D eigenvalue weighted by Gasteiger charge is -2.38. The third-order valence-electron chi connectivity index (χ3n) is 7.62. The molecule has 3 atom stereocenters. The second-order valence-electron chi connectivity index (χ2n) is 10.4. The number of benzene rings is 1. The number of urea groups is 1. The van der Waals surface area contributed by atoms with E-state index in [0.717, 1.165) is 25.8 Å². The summed E-state index contributed by atoms with van der Waals surface area (Å²) in [4.78, 5) is 26.8. The van der Waals surface area contributed by atoms with Crippen LogP contribution in [0, 0.1) is 17.7 Å². The molecule has 37 heavy (non-hydrogen) atoms. The SMILES string of the molecule is CCC(=O)NCCOC(c1cccc(Cl)c1F)[C@@H]1CCCN(C(=O)N[C@H](CNC)CC2CCCCC2)C1. The molecule has 208 valence electrons. The van der Waals surface area contributed by atoms with E-state index < -0.39 is 11.9 Å². The fraction of sp³-hybridized carbons (Fsp3) is 0.714. The van der Waals surface area contributed by atoms with Crippen LogP contribution in [0.3, 0.4) is 0 Å². The number of amides is 3. The molecule has 3 amide bonds. The van der Waals surface area contributed by atoms with Gasteiger partial charge in [-0.2, -0.15) is 0 Å². The molecule has 1 unspecified atom stereocenters. The molecule has 3 N–H and O–H groups in total. The molecule has 1 saturated heterocycles. The summed E-state index contributed by atoms with van der Waals surface area (Å²) in [6, 6.07) is 4.95. The quantitative estimate of drug-likeness (QED) is 0.325. The average Bonchev–Trinajstić information content (AvgIpc) is 2.91. The van der Waals surface area contributed by atoms with Crippen molar-refractivity contribution in [1.29, 1.82) is 0 Å². The largest absolute Gasteiger partial charge is 0.371 e. The van der Waals surface area contributed by atoms with Crippen LogP contribution >= 0.6 is 11.6 Å². The fourth-order valence-corrected chi connectivity index (χ4v) is 5.88. The second kappa shape index (κ2) is 15.5. The van der Waals surface area contributed by atoms with Crippen LogP contribution in [-0.2, 0) is 9.53 Å². The third kappa shape index (κ3) is 9.11. The lowest BCUT2D eigenvalue weighted by atomic mass is 9.85. The number of piperidine rings is 1. The Morgan fingerprint density at radius 2 is 1.97 bits per heavy atom. The number of hydrogen-bond acceptors (Lipinski definition) is 4. The summed E-state index contributed by atoms with van der Waals surface area (Å²) < 4.78 is 21.2. The predicted octanol–water partition coefficient (Wildman–Crippen LogP) is 5.04. The first-order valence-corrected chi connectivity index (χ1v) is 14.3. The highest BCUT2D eigenvalue weighted by atomic mass is 35.5. The van der Waals surface area contributed by atoms with Gasteiger partial charge in [-0.05, 0) is 38.3 Å². The highest BCUT2D eigenvalue weighted by Gasteiger charge is 2.33. The molecule has 0 aromatic heterocycles. The summed E-state index contributed by atoms with van der Waals surface area (Å²) in [5, 5.41) is 9.34. The standard InChI is InChI=1S/C28H44ClFN4O3/c1-3-25(35)32-14-16-37-27(23-12-7-13-24(29)26(23)30)21-11-8-15-34(19-21)28(36)33-22(18-31-2)17-20-9-5-4-6-10-20/h7,12-13,20-22,27,31H,3-6,8-11,14-19H2,1-2H3,(H,32,35)(H,33,36)/t21-,22+,27?/m1/s1. The number of halogens is 2. The number of nitrogens with zero attached hydrogens (tertiary/aromatic N) is 1. The van der Waals surface area contributed by atoms with E-state index in [4.69, 9.17) is 16.3 Å². The molecule has 1 aromatic rings. The van der Waals surface area contributed by atoms with E-state index in [1.165, 1.54) is 38.2 Å². The molecule has 0 bridgehead atoms. The maximum Gasteiger partial charge on any atom is 0.317 e. The summed E-state index contributed by atoms with van der Waals surface area (Å²) in [6.07, 6.45) is 8.80. The molecule has 2 fully saturated rings. The van der Waals surface area contributed by atoms with Crippen molar-refractivity contribution in [1.82, 2.24) is 20.9 Å². The second-order valence-corrected chi connectivity index (χ2v) is 10.8. The summed E-state index contributed by atoms with van der Waals surface area (Å²) >= 11 is 6.10. The first kappa shape index (κ1) is 29.7. The van der Waals surface area contributed by atoms with Crippen LogP contribution in [0.5, 0.6) is 0 Å². The number of carbonyl (C=O) groups is 2. The van der Waals surface area contributed by atoms with Crippen molar-refractivity contribution in [3.63, 3.8) is 0 Å². The highest BCUT2D eigenvalue weighted by Crippen LogP contribution is 2.36. The maximum atomic E-state index is 15.1. The fourth-order valence-electron chi connectivity index (χ4n) is 5.69. The molecule has 7 nitrogen and oxygen atoms in total. The molecular formula is C28H44ClFN4O3. The van der Waals surface area contributed by atoms with Gasteiger partial charge in [0.25, 0.3) is 0 Å². The van der Waals surface area contributed by atoms with Crippen molar-refractivity contribution in [2.75, 3.05) is 39.8 Å². The number of carbonyl (C=O) groups excluding carboxylic acids is 2. The van der Waals surface area contributed by atoms with Crippen LogP contribution < -0.4 is 16.0 Å². The van der Waals surface area contributed by atoms with Crippen molar-refractivity contribution in [3.8, 4) is 0 Å². The van der Waals surface area contributed by atoms with E-state index >= 15 is 4.39 Å². The van der Waals surface area contributed by atoms with Gasteiger partial charge >= 0.3 is 6.03 Å². The van der Waals surface area contributed by atoms with Gasteiger partial charge in [-0.1, -0.05) is 62.8 Å². The Hall–Kier alpha value is -1.90. The van der Waals surface area contributed by atoms with Gasteiger partial charge in [0, 0.05) is 50.1 Å². The number of likely N-dealkylation sites (N-methyl/N-ethyl adjacent to an activating group) is 1. The van der Waals surface area contributed by atoms with E-state index in [0.29, 0.717) is 37.5 Å². The lowest BCUT2D eigenvalue weighted by molar-refractivity contribution is -0.121. The molecule has 0 spiro atoms. The van der Waals surface area contributed by atoms with Crippen LogP contribution in [-0.4, -0.2) is 62.7 Å². The normalized spacial score (nSPS) is 20.3. The smallest absolute Gasteiger partial charge is 0.317 e. The monoisotopic (exact) mass is 538 g/mol. The van der Waals surface area contributed by atoms with Crippen molar-refractivity contribution in [2.24, 2.45) is 11.8 Å². The summed E-state index contributed by atoms with van der Waals surface area (Å²) in [7, 11) is 1.92. The Morgan fingerprint density at radius 3 is 2.70 bits per heavy atom. The molecule has 1 heterocycles. The molecule has 1 saturated carbocycles. The summed E-state index contributed by atoms with van der Waals surface area (Å²) in [5.74, 6) is 0.0302. The number of ether oxygens (including phenoxy) is 1. The van der Waals surface area contributed by atoms with E-state index in [2.05, 4.69) is 16.0 Å². The van der Waals surface area contributed by atoms with Crippen LogP contribution in [0.15, 0.2) is 18.2 Å². The Kier molecular flexibility index (Phi) is 12.4. The Balaban J connectivity index is 1.66. The van der Waals surface area contributed by atoms with Gasteiger partial charge in [0.05, 0.1) is 17.7 Å². The van der Waals surface area contributed by atoms with Gasteiger partial charge in [0.15, 0.2) is 0 Å². The zero-order valence-corrected chi connectivity index (χ0v) is 23.1. The van der Waals surface area contributed by atoms with E-state index in [9.17, 15) is 9.59 Å². The van der Waals surface area contributed by atoms with Gasteiger partial charge in [0.1, 0.15) is 5.82 Å². The molecule has 1 aromatic carbocycles. The van der Waals surface area contributed by atoms with Gasteiger partial charge < -0.3 is 25.6 Å². The van der Waals surface area contributed by atoms with Crippen molar-refractivity contribution >= 4 is 23.5 Å². The summed E-state index contributed by atoms with van der Waals surface area (Å²) in [6.45, 7) is 4.25. The van der Waals surface area contributed by atoms with Crippen LogP contribution in [0.2, 0.25) is 5.02 Å². The van der Waals surface area contributed by atoms with E-state index in [1.54, 1.807) is 19.1 Å². The van der Waals surface area contributed by atoms with Crippen molar-refractivity contribution in [2.45, 2.75) is 76.9 Å². The topological polar surface area (TPSA) is 82.7 Å². The number of likely N-dealkylation sites (tertiary alicyclic amines) is 1. The molecule has 0 radical (unpaired) electrons. The number of nitrogens with one attached hydrogen (secondary N) is 3. The molecular weight excluding hydrogens is 495 g/mol.